The van der Waals surface area contributed by atoms with E-state index < -0.39 is 39.3 Å². The summed E-state index contributed by atoms with van der Waals surface area (Å²) in [6.07, 6.45) is 3.58. The van der Waals surface area contributed by atoms with Gasteiger partial charge in [-0.2, -0.15) is 0 Å². The number of rotatable bonds is 19. The summed E-state index contributed by atoms with van der Waals surface area (Å²) in [7, 11) is 1.61. The molecule has 0 saturated carbocycles. The van der Waals surface area contributed by atoms with Crippen molar-refractivity contribution in [3.05, 3.63) is 136 Å². The fourth-order valence-corrected chi connectivity index (χ4v) is 7.79. The predicted molar refractivity (Wildman–Crippen MR) is 272 cm³/mol. The molecule has 4 unspecified atom stereocenters. The van der Waals surface area contributed by atoms with Crippen molar-refractivity contribution in [2.75, 3.05) is 33.4 Å². The number of carboxylic acids is 1. The van der Waals surface area contributed by atoms with Crippen molar-refractivity contribution < 1.29 is 52.8 Å². The van der Waals surface area contributed by atoms with Crippen molar-refractivity contribution in [1.82, 2.24) is 10.6 Å². The lowest BCUT2D eigenvalue weighted by atomic mass is 9.93. The number of benzene rings is 4. The molecule has 1 saturated heterocycles. The second-order valence-corrected chi connectivity index (χ2v) is 20.9. The Morgan fingerprint density at radius 3 is 2.03 bits per heavy atom. The number of aliphatic carboxylic acids is 1. The van der Waals surface area contributed by atoms with Gasteiger partial charge in [0.1, 0.15) is 31.6 Å². The van der Waals surface area contributed by atoms with Crippen LogP contribution < -0.4 is 15.4 Å². The zero-order valence-corrected chi connectivity index (χ0v) is 43.4. The molecule has 4 atom stereocenters. The number of carbonyl (C=O) groups excluding carboxylic acids is 4. The molecule has 378 valence electrons. The van der Waals surface area contributed by atoms with Crippen LogP contribution in [0.15, 0.2) is 109 Å². The molecule has 0 spiro atoms. The maximum Gasteiger partial charge on any atom is 0.407 e. The molecule has 4 aromatic rings. The number of hydrogen-bond acceptors (Lipinski definition) is 10. The minimum atomic E-state index is -1.67. The van der Waals surface area contributed by atoms with Crippen LogP contribution in [-0.4, -0.2) is 84.4 Å². The van der Waals surface area contributed by atoms with Gasteiger partial charge in [-0.05, 0) is 103 Å². The number of esters is 2. The van der Waals surface area contributed by atoms with Crippen LogP contribution in [0.2, 0.25) is 5.02 Å². The number of ether oxygens (including phenoxy) is 5. The predicted octanol–water partition coefficient (Wildman–Crippen LogP) is 11.4. The van der Waals surface area contributed by atoms with Gasteiger partial charge in [-0.25, -0.2) is 9.59 Å². The highest BCUT2D eigenvalue weighted by molar-refractivity contribution is 6.67. The molecule has 0 radical (unpaired) electrons. The first-order valence-electron chi connectivity index (χ1n) is 22.8. The van der Waals surface area contributed by atoms with E-state index in [1.807, 2.05) is 93.6 Å². The number of aryl methyl sites for hydroxylation is 1. The van der Waals surface area contributed by atoms with Crippen LogP contribution in [-0.2, 0) is 38.1 Å². The molecule has 17 heteroatoms. The summed E-state index contributed by atoms with van der Waals surface area (Å²) in [5.74, 6) is -1.80. The average Bonchev–Trinajstić information content (AvgIpc) is 4.07. The minimum absolute atomic E-state index is 0.0451. The van der Waals surface area contributed by atoms with E-state index in [0.717, 1.165) is 46.4 Å². The average molecular weight is 1040 g/mol. The van der Waals surface area contributed by atoms with Crippen LogP contribution in [0.25, 0.3) is 11.1 Å². The maximum absolute atomic E-state index is 12.5. The summed E-state index contributed by atoms with van der Waals surface area (Å²) in [6, 6.07) is 32.0. The zero-order valence-electron chi connectivity index (χ0n) is 40.3. The van der Waals surface area contributed by atoms with Gasteiger partial charge in [0.15, 0.2) is 6.10 Å². The monoisotopic (exact) mass is 1040 g/mol. The molecule has 3 N–H and O–H groups in total. The summed E-state index contributed by atoms with van der Waals surface area (Å²) in [4.78, 5) is 59.4. The SMILES string of the molecule is CC(C)CC(OC(=O)C(C)(C)CNC(=O)OCC1c2ccccc2-c2ccccc21)C(=O)O.CC(CC/C=C/C(=O)NCC(=O)OCC(Cl)(Cl)Cl)C1OC1c1ccccc1.COc1ccc(C)cc1Cl. The molecule has 1 fully saturated rings. The quantitative estimate of drug-likeness (QED) is 0.0267. The highest BCUT2D eigenvalue weighted by Gasteiger charge is 2.43. The van der Waals surface area contributed by atoms with E-state index in [0.29, 0.717) is 10.9 Å². The van der Waals surface area contributed by atoms with Gasteiger partial charge in [0.25, 0.3) is 0 Å². The Hall–Kier alpha value is -5.31. The fourth-order valence-electron chi connectivity index (χ4n) is 7.32. The van der Waals surface area contributed by atoms with Crippen LogP contribution in [0.3, 0.4) is 0 Å². The Labute approximate surface area is 430 Å². The Morgan fingerprint density at radius 2 is 1.46 bits per heavy atom. The number of halogens is 4. The molecule has 1 heterocycles. The molecule has 1 aliphatic heterocycles. The second kappa shape index (κ2) is 27.3. The first-order chi connectivity index (χ1) is 33.1. The summed E-state index contributed by atoms with van der Waals surface area (Å²) < 4.78 is 24.5. The standard InChI is InChI=1S/C26H31NO6.C19H22Cl3NO4.C8H9ClO/c1-16(2)13-22(23(28)29)33-24(30)26(3,4)15-27-25(31)32-14-21-19-11-7-5-9-17(19)18-10-6-8-12-20(18)21;1-13(17-18(27-17)14-8-3-2-4-9-14)7-5-6-10-15(24)23-11-16(25)26-12-19(20,21)22;1-6-3-4-8(10-2)7(9)5-6/h5-12,16,21-22H,13-15H2,1-4H3,(H,27,31)(H,28,29);2-4,6,8-10,13,17-18H,5,7,11-12H2,1H3,(H,23,24);3-5H,1-2H3/b;10-6+;. The Kier molecular flexibility index (Phi) is 22.4. The first-order valence-corrected chi connectivity index (χ1v) is 24.3. The highest BCUT2D eigenvalue weighted by atomic mass is 35.6. The second-order valence-electron chi connectivity index (χ2n) is 17.9. The molecular formula is C53H62Cl4N2O11. The molecule has 2 amide bonds. The van der Waals surface area contributed by atoms with Crippen molar-refractivity contribution in [3.63, 3.8) is 0 Å². The van der Waals surface area contributed by atoms with Crippen LogP contribution in [0, 0.1) is 24.2 Å². The fraction of sp³-hybridized carbons (Fsp3) is 0.415. The van der Waals surface area contributed by atoms with Gasteiger partial charge in [-0.15, -0.1) is 0 Å². The normalized spacial score (nSPS) is 15.7. The molecule has 0 bridgehead atoms. The Bertz CT molecular complexity index is 2360. The minimum Gasteiger partial charge on any atom is -0.495 e. The Morgan fingerprint density at radius 1 is 0.843 bits per heavy atom. The summed E-state index contributed by atoms with van der Waals surface area (Å²) in [5, 5.41) is 15.0. The third-order valence-corrected chi connectivity index (χ3v) is 11.8. The lowest BCUT2D eigenvalue weighted by Crippen LogP contribution is -2.42. The van der Waals surface area contributed by atoms with E-state index in [9.17, 15) is 29.1 Å². The van der Waals surface area contributed by atoms with Gasteiger partial charge in [0, 0.05) is 12.5 Å². The van der Waals surface area contributed by atoms with Crippen molar-refractivity contribution in [1.29, 1.82) is 0 Å². The molecule has 70 heavy (non-hydrogen) atoms. The molecule has 0 aromatic heterocycles. The summed E-state index contributed by atoms with van der Waals surface area (Å²) in [5.41, 5.74) is 5.73. The third-order valence-electron chi connectivity index (χ3n) is 11.2. The summed E-state index contributed by atoms with van der Waals surface area (Å²) >= 11 is 22.2. The van der Waals surface area contributed by atoms with Crippen molar-refractivity contribution in [3.8, 4) is 16.9 Å². The first kappa shape index (κ1) is 57.3. The van der Waals surface area contributed by atoms with E-state index in [2.05, 4.69) is 41.8 Å². The number of amides is 2. The Balaban J connectivity index is 0.000000258. The number of hydrogen-bond donors (Lipinski definition) is 3. The van der Waals surface area contributed by atoms with Crippen LogP contribution in [0.5, 0.6) is 5.75 Å². The maximum atomic E-state index is 12.5. The molecule has 2 aliphatic rings. The van der Waals surface area contributed by atoms with Gasteiger partial charge < -0.3 is 39.4 Å². The van der Waals surface area contributed by atoms with E-state index in [4.69, 9.17) is 70.1 Å². The van der Waals surface area contributed by atoms with Gasteiger partial charge in [-0.1, -0.05) is 158 Å². The lowest BCUT2D eigenvalue weighted by Gasteiger charge is -2.25. The van der Waals surface area contributed by atoms with Crippen LogP contribution >= 0.6 is 46.4 Å². The molecule has 6 rings (SSSR count). The number of allylic oxidation sites excluding steroid dienone is 1. The van der Waals surface area contributed by atoms with Gasteiger partial charge in [-0.3, -0.25) is 14.4 Å². The van der Waals surface area contributed by atoms with E-state index in [1.165, 1.54) is 11.6 Å². The number of alkyl carbamates (subject to hydrolysis) is 1. The zero-order chi connectivity index (χ0) is 51.6. The number of alkyl halides is 3. The van der Waals surface area contributed by atoms with E-state index in [1.54, 1.807) is 27.0 Å². The van der Waals surface area contributed by atoms with Gasteiger partial charge in [0.05, 0.1) is 23.7 Å². The lowest BCUT2D eigenvalue weighted by molar-refractivity contribution is -0.171. The van der Waals surface area contributed by atoms with Crippen molar-refractivity contribution >= 4 is 76.3 Å². The number of carbonyl (C=O) groups is 5. The van der Waals surface area contributed by atoms with Crippen LogP contribution in [0.1, 0.15) is 88.2 Å². The number of epoxide rings is 1. The molecule has 13 nitrogen and oxygen atoms in total. The smallest absolute Gasteiger partial charge is 0.407 e. The summed E-state index contributed by atoms with van der Waals surface area (Å²) in [6.45, 7) is 10.5. The van der Waals surface area contributed by atoms with Crippen molar-refractivity contribution in [2.24, 2.45) is 17.3 Å². The number of carboxylic acid groups (broad SMARTS) is 1. The van der Waals surface area contributed by atoms with E-state index in [-0.39, 0.29) is 62.7 Å². The van der Waals surface area contributed by atoms with E-state index >= 15 is 0 Å². The topological polar surface area (TPSA) is 179 Å². The van der Waals surface area contributed by atoms with Gasteiger partial charge in [0.2, 0.25) is 9.70 Å². The highest BCUT2D eigenvalue weighted by Crippen LogP contribution is 2.45. The molecular weight excluding hydrogens is 982 g/mol. The van der Waals surface area contributed by atoms with Crippen molar-refractivity contribution in [2.45, 2.75) is 88.8 Å². The molecule has 1 aliphatic carbocycles. The molecule has 4 aromatic carbocycles. The number of fused-ring (bicyclic) bond motifs is 3. The number of methoxy groups -OCH3 is 1. The third kappa shape index (κ3) is 18.8. The largest absolute Gasteiger partial charge is 0.495 e. The van der Waals surface area contributed by atoms with Crippen LogP contribution in [0.4, 0.5) is 4.79 Å². The van der Waals surface area contributed by atoms with Gasteiger partial charge >= 0.3 is 24.0 Å². The number of nitrogens with one attached hydrogen (secondary N) is 2.